The van der Waals surface area contributed by atoms with Gasteiger partial charge < -0.3 is 5.32 Å². The van der Waals surface area contributed by atoms with E-state index in [-0.39, 0.29) is 10.8 Å². The van der Waals surface area contributed by atoms with E-state index in [1.807, 2.05) is 37.3 Å². The van der Waals surface area contributed by atoms with Crippen molar-refractivity contribution in [2.75, 3.05) is 10.0 Å². The molecule has 0 saturated heterocycles. The highest BCUT2D eigenvalue weighted by Crippen LogP contribution is 2.20. The van der Waals surface area contributed by atoms with E-state index in [1.165, 1.54) is 24.3 Å². The summed E-state index contributed by atoms with van der Waals surface area (Å²) in [5.41, 5.74) is 2.42. The number of carbonyl (C=O) groups is 1. The zero-order valence-corrected chi connectivity index (χ0v) is 17.4. The van der Waals surface area contributed by atoms with Gasteiger partial charge in [-0.2, -0.15) is 0 Å². The molecule has 0 aromatic heterocycles. The summed E-state index contributed by atoms with van der Waals surface area (Å²) in [4.78, 5) is 12.4. The zero-order chi connectivity index (χ0) is 19.4. The molecule has 1 amide bonds. The number of aryl methyl sites for hydroxylation is 1. The minimum atomic E-state index is -3.73. The molecule has 5 nitrogen and oxygen atoms in total. The molecule has 0 fully saturated rings. The number of hydrogen-bond acceptors (Lipinski definition) is 3. The molecule has 0 aliphatic rings. The first-order valence-corrected chi connectivity index (χ1v) is 10.7. The van der Waals surface area contributed by atoms with Crippen molar-refractivity contribution in [2.24, 2.45) is 0 Å². The van der Waals surface area contributed by atoms with Crippen LogP contribution in [-0.2, 0) is 10.0 Å². The molecule has 27 heavy (non-hydrogen) atoms. The summed E-state index contributed by atoms with van der Waals surface area (Å²) in [5, 5.41) is 2.80. The number of benzene rings is 3. The number of halogens is 1. The SMILES string of the molecule is Cc1ccccc1NS(=O)(=O)c1ccc(C(=O)Nc2cccc(I)c2)cc1. The molecule has 2 N–H and O–H groups in total. The maximum absolute atomic E-state index is 12.6. The molecule has 0 spiro atoms. The number of rotatable bonds is 5. The van der Waals surface area contributed by atoms with Crippen molar-refractivity contribution >= 4 is 49.9 Å². The summed E-state index contributed by atoms with van der Waals surface area (Å²) in [6.07, 6.45) is 0. The highest BCUT2D eigenvalue weighted by Gasteiger charge is 2.16. The fourth-order valence-corrected chi connectivity index (χ4v) is 4.12. The Labute approximate surface area is 172 Å². The first-order valence-electron chi connectivity index (χ1n) is 8.10. The zero-order valence-electron chi connectivity index (χ0n) is 14.4. The van der Waals surface area contributed by atoms with E-state index in [0.29, 0.717) is 16.9 Å². The van der Waals surface area contributed by atoms with Crippen molar-refractivity contribution in [3.63, 3.8) is 0 Å². The minimum Gasteiger partial charge on any atom is -0.322 e. The number of carbonyl (C=O) groups excluding carboxylic acids is 1. The average molecular weight is 492 g/mol. The molecule has 3 rings (SSSR count). The standard InChI is InChI=1S/C20H17IN2O3S/c1-14-5-2-3-8-19(14)23-27(25,26)18-11-9-15(10-12-18)20(24)22-17-7-4-6-16(21)13-17/h2-13,23H,1H3,(H,22,24). The van der Waals surface area contributed by atoms with E-state index in [0.717, 1.165) is 9.13 Å². The lowest BCUT2D eigenvalue weighted by molar-refractivity contribution is 0.102. The molecule has 0 aliphatic carbocycles. The summed E-state index contributed by atoms with van der Waals surface area (Å²) in [7, 11) is -3.73. The molecule has 7 heteroatoms. The molecule has 0 bridgehead atoms. The highest BCUT2D eigenvalue weighted by atomic mass is 127. The second-order valence-corrected chi connectivity index (χ2v) is 8.84. The number of amides is 1. The fraction of sp³-hybridized carbons (Fsp3) is 0.0500. The third kappa shape index (κ3) is 4.86. The van der Waals surface area contributed by atoms with E-state index in [9.17, 15) is 13.2 Å². The predicted molar refractivity (Wildman–Crippen MR) is 116 cm³/mol. The summed E-state index contributed by atoms with van der Waals surface area (Å²) in [6, 6.07) is 20.4. The van der Waals surface area contributed by atoms with Crippen LogP contribution in [0.5, 0.6) is 0 Å². The van der Waals surface area contributed by atoms with E-state index in [2.05, 4.69) is 32.6 Å². The largest absolute Gasteiger partial charge is 0.322 e. The Morgan fingerprint density at radius 2 is 1.63 bits per heavy atom. The van der Waals surface area contributed by atoms with Crippen LogP contribution in [0.15, 0.2) is 77.7 Å². The van der Waals surface area contributed by atoms with Gasteiger partial charge in [-0.3, -0.25) is 9.52 Å². The molecule has 0 atom stereocenters. The molecule has 3 aromatic rings. The van der Waals surface area contributed by atoms with Gasteiger partial charge in [0.05, 0.1) is 10.6 Å². The smallest absolute Gasteiger partial charge is 0.261 e. The van der Waals surface area contributed by atoms with Crippen LogP contribution in [0.25, 0.3) is 0 Å². The topological polar surface area (TPSA) is 75.3 Å². The Bertz CT molecular complexity index is 1080. The lowest BCUT2D eigenvalue weighted by Crippen LogP contribution is -2.15. The molecular weight excluding hydrogens is 475 g/mol. The lowest BCUT2D eigenvalue weighted by Gasteiger charge is -2.11. The Morgan fingerprint density at radius 1 is 0.926 bits per heavy atom. The van der Waals surface area contributed by atoms with Crippen molar-refractivity contribution < 1.29 is 13.2 Å². The highest BCUT2D eigenvalue weighted by molar-refractivity contribution is 14.1. The summed E-state index contributed by atoms with van der Waals surface area (Å²) < 4.78 is 28.7. The quantitative estimate of drug-likeness (QED) is 0.510. The van der Waals surface area contributed by atoms with Crippen LogP contribution in [0.2, 0.25) is 0 Å². The number of para-hydroxylation sites is 1. The molecule has 0 radical (unpaired) electrons. The second kappa shape index (κ2) is 8.10. The molecule has 0 saturated carbocycles. The second-order valence-electron chi connectivity index (χ2n) is 5.91. The van der Waals surface area contributed by atoms with Gasteiger partial charge in [-0.25, -0.2) is 8.42 Å². The molecule has 0 heterocycles. The van der Waals surface area contributed by atoms with E-state index < -0.39 is 10.0 Å². The minimum absolute atomic E-state index is 0.0940. The van der Waals surface area contributed by atoms with Gasteiger partial charge in [0.25, 0.3) is 15.9 Å². The van der Waals surface area contributed by atoms with E-state index in [4.69, 9.17) is 0 Å². The average Bonchev–Trinajstić information content (AvgIpc) is 2.64. The van der Waals surface area contributed by atoms with Gasteiger partial charge in [-0.05, 0) is 83.6 Å². The van der Waals surface area contributed by atoms with E-state index >= 15 is 0 Å². The normalized spacial score (nSPS) is 11.0. The van der Waals surface area contributed by atoms with Crippen molar-refractivity contribution in [2.45, 2.75) is 11.8 Å². The monoisotopic (exact) mass is 492 g/mol. The summed E-state index contributed by atoms with van der Waals surface area (Å²) >= 11 is 2.17. The third-order valence-electron chi connectivity index (χ3n) is 3.90. The Kier molecular flexibility index (Phi) is 5.81. The number of sulfonamides is 1. The summed E-state index contributed by atoms with van der Waals surface area (Å²) in [5.74, 6) is -0.298. The molecular formula is C20H17IN2O3S. The van der Waals surface area contributed by atoms with Crippen LogP contribution >= 0.6 is 22.6 Å². The van der Waals surface area contributed by atoms with Crippen molar-refractivity contribution in [1.82, 2.24) is 0 Å². The Morgan fingerprint density at radius 3 is 2.30 bits per heavy atom. The third-order valence-corrected chi connectivity index (χ3v) is 5.95. The first kappa shape index (κ1) is 19.4. The van der Waals surface area contributed by atoms with Crippen LogP contribution in [0.3, 0.4) is 0 Å². The van der Waals surface area contributed by atoms with Crippen LogP contribution < -0.4 is 10.0 Å². The van der Waals surface area contributed by atoms with Crippen molar-refractivity contribution in [3.05, 3.63) is 87.5 Å². The number of nitrogens with one attached hydrogen (secondary N) is 2. The van der Waals surface area contributed by atoms with Gasteiger partial charge in [0.2, 0.25) is 0 Å². The van der Waals surface area contributed by atoms with Crippen molar-refractivity contribution in [3.8, 4) is 0 Å². The number of anilines is 2. The molecule has 0 aliphatic heterocycles. The molecule has 3 aromatic carbocycles. The van der Waals surface area contributed by atoms with Crippen LogP contribution in [0.1, 0.15) is 15.9 Å². The van der Waals surface area contributed by atoms with Crippen LogP contribution in [0.4, 0.5) is 11.4 Å². The van der Waals surface area contributed by atoms with Gasteiger partial charge in [-0.1, -0.05) is 24.3 Å². The van der Waals surface area contributed by atoms with E-state index in [1.54, 1.807) is 18.2 Å². The fourth-order valence-electron chi connectivity index (χ4n) is 2.45. The van der Waals surface area contributed by atoms with Crippen LogP contribution in [0, 0.1) is 10.5 Å². The number of hydrogen-bond donors (Lipinski definition) is 2. The molecule has 0 unspecified atom stereocenters. The van der Waals surface area contributed by atoms with Crippen molar-refractivity contribution in [1.29, 1.82) is 0 Å². The maximum Gasteiger partial charge on any atom is 0.261 e. The van der Waals surface area contributed by atoms with Gasteiger partial charge >= 0.3 is 0 Å². The maximum atomic E-state index is 12.6. The van der Waals surface area contributed by atoms with Crippen LogP contribution in [-0.4, -0.2) is 14.3 Å². The first-order chi connectivity index (χ1) is 12.8. The molecule has 138 valence electrons. The predicted octanol–water partition coefficient (Wildman–Crippen LogP) is 4.65. The lowest BCUT2D eigenvalue weighted by atomic mass is 10.2. The summed E-state index contributed by atoms with van der Waals surface area (Å²) in [6.45, 7) is 1.83. The van der Waals surface area contributed by atoms with Gasteiger partial charge in [-0.15, -0.1) is 0 Å². The van der Waals surface area contributed by atoms with Gasteiger partial charge in [0.1, 0.15) is 0 Å². The Balaban J connectivity index is 1.76. The van der Waals surface area contributed by atoms with Gasteiger partial charge in [0, 0.05) is 14.8 Å². The Hall–Kier alpha value is -2.39. The van der Waals surface area contributed by atoms with Gasteiger partial charge in [0.15, 0.2) is 0 Å².